The number of hydrogen-bond donors (Lipinski definition) is 2. The van der Waals surface area contributed by atoms with Crippen molar-refractivity contribution >= 4 is 17.3 Å². The SMILES string of the molecule is CNc1cccc(Nc2ccc(C(F)(F)F)cc2)n1. The fourth-order valence-corrected chi connectivity index (χ4v) is 1.53. The topological polar surface area (TPSA) is 37.0 Å². The van der Waals surface area contributed by atoms with Crippen LogP contribution < -0.4 is 10.6 Å². The Balaban J connectivity index is 2.15. The lowest BCUT2D eigenvalue weighted by molar-refractivity contribution is -0.137. The maximum absolute atomic E-state index is 12.4. The first-order chi connectivity index (χ1) is 8.99. The molecule has 2 rings (SSSR count). The molecule has 0 aliphatic rings. The van der Waals surface area contributed by atoms with Crippen molar-refractivity contribution in [1.29, 1.82) is 0 Å². The van der Waals surface area contributed by atoms with Crippen LogP contribution in [0.2, 0.25) is 0 Å². The maximum Gasteiger partial charge on any atom is 0.416 e. The Morgan fingerprint density at radius 3 is 2.16 bits per heavy atom. The van der Waals surface area contributed by atoms with E-state index in [2.05, 4.69) is 15.6 Å². The van der Waals surface area contributed by atoms with Gasteiger partial charge >= 0.3 is 6.18 Å². The molecule has 1 aromatic carbocycles. The average molecular weight is 267 g/mol. The van der Waals surface area contributed by atoms with E-state index in [0.29, 0.717) is 17.3 Å². The van der Waals surface area contributed by atoms with E-state index in [1.165, 1.54) is 12.1 Å². The van der Waals surface area contributed by atoms with Crippen molar-refractivity contribution in [1.82, 2.24) is 4.98 Å². The van der Waals surface area contributed by atoms with E-state index in [1.807, 2.05) is 0 Å². The summed E-state index contributed by atoms with van der Waals surface area (Å²) in [5.41, 5.74) is -0.122. The minimum absolute atomic E-state index is 0.550. The summed E-state index contributed by atoms with van der Waals surface area (Å²) in [5, 5.41) is 5.82. The molecule has 6 heteroatoms. The lowest BCUT2D eigenvalue weighted by Crippen LogP contribution is -2.04. The number of anilines is 3. The highest BCUT2D eigenvalue weighted by molar-refractivity contribution is 5.58. The molecule has 19 heavy (non-hydrogen) atoms. The molecule has 0 aliphatic heterocycles. The zero-order valence-corrected chi connectivity index (χ0v) is 10.1. The molecule has 0 aliphatic carbocycles. The third-order valence-electron chi connectivity index (χ3n) is 2.49. The number of rotatable bonds is 3. The monoisotopic (exact) mass is 267 g/mol. The van der Waals surface area contributed by atoms with Crippen molar-refractivity contribution in [3.63, 3.8) is 0 Å². The minimum atomic E-state index is -4.32. The predicted octanol–water partition coefficient (Wildman–Crippen LogP) is 3.89. The van der Waals surface area contributed by atoms with Gasteiger partial charge in [-0.1, -0.05) is 6.07 Å². The standard InChI is InChI=1S/C13H12F3N3/c1-17-11-3-2-4-12(19-11)18-10-7-5-9(6-8-10)13(14,15)16/h2-8H,1H3,(H2,17,18,19). The van der Waals surface area contributed by atoms with Gasteiger partial charge in [0.15, 0.2) is 0 Å². The van der Waals surface area contributed by atoms with Crippen molar-refractivity contribution in [2.45, 2.75) is 6.18 Å². The molecule has 2 N–H and O–H groups in total. The molecule has 0 amide bonds. The second-order valence-electron chi connectivity index (χ2n) is 3.86. The average Bonchev–Trinajstić information content (AvgIpc) is 2.38. The van der Waals surface area contributed by atoms with E-state index in [1.54, 1.807) is 25.2 Å². The van der Waals surface area contributed by atoms with Crippen LogP contribution >= 0.6 is 0 Å². The Morgan fingerprint density at radius 1 is 0.947 bits per heavy atom. The Kier molecular flexibility index (Phi) is 3.59. The number of hydrogen-bond acceptors (Lipinski definition) is 3. The van der Waals surface area contributed by atoms with Crippen molar-refractivity contribution in [2.75, 3.05) is 17.7 Å². The minimum Gasteiger partial charge on any atom is -0.373 e. The van der Waals surface area contributed by atoms with Gasteiger partial charge in [-0.25, -0.2) is 4.98 Å². The molecule has 0 fully saturated rings. The number of nitrogens with zero attached hydrogens (tertiary/aromatic N) is 1. The second kappa shape index (κ2) is 5.17. The van der Waals surface area contributed by atoms with Gasteiger partial charge in [-0.3, -0.25) is 0 Å². The Morgan fingerprint density at radius 2 is 1.58 bits per heavy atom. The molecule has 0 atom stereocenters. The Labute approximate surface area is 108 Å². The molecule has 0 unspecified atom stereocenters. The molecule has 0 spiro atoms. The molecule has 0 saturated heterocycles. The summed E-state index contributed by atoms with van der Waals surface area (Å²) in [6, 6.07) is 10.1. The van der Waals surface area contributed by atoms with Gasteiger partial charge in [-0.15, -0.1) is 0 Å². The largest absolute Gasteiger partial charge is 0.416 e. The van der Waals surface area contributed by atoms with Gasteiger partial charge in [-0.2, -0.15) is 13.2 Å². The number of pyridine rings is 1. The van der Waals surface area contributed by atoms with Crippen LogP contribution in [0, 0.1) is 0 Å². The highest BCUT2D eigenvalue weighted by Gasteiger charge is 2.29. The van der Waals surface area contributed by atoms with Gasteiger partial charge in [0.25, 0.3) is 0 Å². The summed E-state index contributed by atoms with van der Waals surface area (Å²) in [5.74, 6) is 1.24. The summed E-state index contributed by atoms with van der Waals surface area (Å²) >= 11 is 0. The van der Waals surface area contributed by atoms with Gasteiger partial charge in [0.1, 0.15) is 11.6 Å². The lowest BCUT2D eigenvalue weighted by atomic mass is 10.2. The van der Waals surface area contributed by atoms with E-state index in [0.717, 1.165) is 12.1 Å². The van der Waals surface area contributed by atoms with Crippen LogP contribution in [0.15, 0.2) is 42.5 Å². The first-order valence-electron chi connectivity index (χ1n) is 5.58. The van der Waals surface area contributed by atoms with Gasteiger partial charge < -0.3 is 10.6 Å². The Hall–Kier alpha value is -2.24. The fraction of sp³-hybridized carbons (Fsp3) is 0.154. The quantitative estimate of drug-likeness (QED) is 0.886. The zero-order valence-electron chi connectivity index (χ0n) is 10.1. The molecule has 2 aromatic rings. The summed E-state index contributed by atoms with van der Waals surface area (Å²) in [6.07, 6.45) is -4.32. The number of aromatic nitrogens is 1. The van der Waals surface area contributed by atoms with Crippen LogP contribution in [0.4, 0.5) is 30.5 Å². The number of alkyl halides is 3. The summed E-state index contributed by atoms with van der Waals surface area (Å²) < 4.78 is 37.2. The first-order valence-corrected chi connectivity index (χ1v) is 5.58. The van der Waals surface area contributed by atoms with Crippen LogP contribution in [-0.2, 0) is 6.18 Å². The predicted molar refractivity (Wildman–Crippen MR) is 68.5 cm³/mol. The van der Waals surface area contributed by atoms with E-state index < -0.39 is 11.7 Å². The third-order valence-corrected chi connectivity index (χ3v) is 2.49. The number of nitrogens with one attached hydrogen (secondary N) is 2. The smallest absolute Gasteiger partial charge is 0.373 e. The van der Waals surface area contributed by atoms with Crippen LogP contribution in [0.1, 0.15) is 5.56 Å². The summed E-state index contributed by atoms with van der Waals surface area (Å²) in [4.78, 5) is 4.21. The summed E-state index contributed by atoms with van der Waals surface area (Å²) in [6.45, 7) is 0. The van der Waals surface area contributed by atoms with E-state index >= 15 is 0 Å². The zero-order chi connectivity index (χ0) is 13.9. The van der Waals surface area contributed by atoms with Crippen LogP contribution in [0.5, 0.6) is 0 Å². The molecule has 0 saturated carbocycles. The van der Waals surface area contributed by atoms with E-state index in [9.17, 15) is 13.2 Å². The van der Waals surface area contributed by atoms with Crippen LogP contribution in [-0.4, -0.2) is 12.0 Å². The first kappa shape index (κ1) is 13.2. The van der Waals surface area contributed by atoms with Gasteiger partial charge in [-0.05, 0) is 36.4 Å². The molecule has 0 bridgehead atoms. The van der Waals surface area contributed by atoms with Gasteiger partial charge in [0.05, 0.1) is 5.56 Å². The molecule has 1 aromatic heterocycles. The normalized spacial score (nSPS) is 11.2. The molecular weight excluding hydrogens is 255 g/mol. The van der Waals surface area contributed by atoms with Gasteiger partial charge in [0, 0.05) is 12.7 Å². The highest BCUT2D eigenvalue weighted by atomic mass is 19.4. The second-order valence-corrected chi connectivity index (χ2v) is 3.86. The molecular formula is C13H12F3N3. The van der Waals surface area contributed by atoms with Crippen molar-refractivity contribution in [3.8, 4) is 0 Å². The molecule has 0 radical (unpaired) electrons. The molecule has 100 valence electrons. The van der Waals surface area contributed by atoms with E-state index in [4.69, 9.17) is 0 Å². The Bertz CT molecular complexity index is 550. The maximum atomic E-state index is 12.4. The van der Waals surface area contributed by atoms with Crippen molar-refractivity contribution in [2.24, 2.45) is 0 Å². The summed E-state index contributed by atoms with van der Waals surface area (Å²) in [7, 11) is 1.74. The molecule has 3 nitrogen and oxygen atoms in total. The molecule has 1 heterocycles. The van der Waals surface area contributed by atoms with Crippen molar-refractivity contribution < 1.29 is 13.2 Å². The van der Waals surface area contributed by atoms with Crippen molar-refractivity contribution in [3.05, 3.63) is 48.0 Å². The van der Waals surface area contributed by atoms with Gasteiger partial charge in [0.2, 0.25) is 0 Å². The van der Waals surface area contributed by atoms with Crippen LogP contribution in [0.3, 0.4) is 0 Å². The van der Waals surface area contributed by atoms with E-state index in [-0.39, 0.29) is 0 Å². The third kappa shape index (κ3) is 3.37. The fourth-order valence-electron chi connectivity index (χ4n) is 1.53. The lowest BCUT2D eigenvalue weighted by Gasteiger charge is -2.09. The van der Waals surface area contributed by atoms with Crippen LogP contribution in [0.25, 0.3) is 0 Å². The highest BCUT2D eigenvalue weighted by Crippen LogP contribution is 2.30. The number of benzene rings is 1. The number of halogens is 3.